The first-order valence-electron chi connectivity index (χ1n) is 6.58. The lowest BCUT2D eigenvalue weighted by Crippen LogP contribution is -2.19. The molecule has 0 aromatic heterocycles. The molecule has 0 heterocycles. The normalized spacial score (nSPS) is 33.1. The average Bonchev–Trinajstić information content (AvgIpc) is 2.71. The maximum absolute atomic E-state index is 2.52. The Labute approximate surface area is 88.8 Å². The van der Waals surface area contributed by atoms with E-state index in [-0.39, 0.29) is 0 Å². The minimum absolute atomic E-state index is 1.04. The van der Waals surface area contributed by atoms with E-state index in [9.17, 15) is 0 Å². The fraction of sp³-hybridized carbons (Fsp3) is 0.857. The van der Waals surface area contributed by atoms with E-state index in [4.69, 9.17) is 0 Å². The Morgan fingerprint density at radius 1 is 1.14 bits per heavy atom. The molecular weight excluding hydrogens is 168 g/mol. The molecular formula is C14H24. The van der Waals surface area contributed by atoms with Crippen molar-refractivity contribution in [2.75, 3.05) is 0 Å². The highest BCUT2D eigenvalue weighted by Gasteiger charge is 2.24. The van der Waals surface area contributed by atoms with Crippen molar-refractivity contribution in [2.45, 2.75) is 64.7 Å². The van der Waals surface area contributed by atoms with E-state index in [1.807, 2.05) is 0 Å². The van der Waals surface area contributed by atoms with Gasteiger partial charge in [0.15, 0.2) is 0 Å². The molecule has 2 atom stereocenters. The maximum atomic E-state index is 2.52. The van der Waals surface area contributed by atoms with E-state index in [2.05, 4.69) is 13.0 Å². The molecule has 0 N–H and O–H groups in total. The van der Waals surface area contributed by atoms with Crippen molar-refractivity contribution < 1.29 is 0 Å². The zero-order valence-electron chi connectivity index (χ0n) is 9.60. The summed E-state index contributed by atoms with van der Waals surface area (Å²) in [7, 11) is 0. The summed E-state index contributed by atoms with van der Waals surface area (Å²) >= 11 is 0. The SMILES string of the molecule is CCC1CCCCC1CC1=CCCC1. The minimum Gasteiger partial charge on any atom is -0.0853 e. The van der Waals surface area contributed by atoms with Crippen LogP contribution in [-0.2, 0) is 0 Å². The van der Waals surface area contributed by atoms with Gasteiger partial charge in [0.05, 0.1) is 0 Å². The van der Waals surface area contributed by atoms with Crippen LogP contribution in [0.1, 0.15) is 64.7 Å². The predicted octanol–water partition coefficient (Wildman–Crippen LogP) is 4.70. The van der Waals surface area contributed by atoms with Gasteiger partial charge in [-0.1, -0.05) is 44.3 Å². The molecule has 0 aromatic carbocycles. The highest BCUT2D eigenvalue weighted by Crippen LogP contribution is 2.38. The molecule has 0 radical (unpaired) electrons. The molecule has 0 aromatic rings. The van der Waals surface area contributed by atoms with Gasteiger partial charge in [-0.05, 0) is 43.9 Å². The quantitative estimate of drug-likeness (QED) is 0.568. The van der Waals surface area contributed by atoms with Crippen molar-refractivity contribution in [1.29, 1.82) is 0 Å². The molecule has 2 unspecified atom stereocenters. The van der Waals surface area contributed by atoms with Gasteiger partial charge in [0.25, 0.3) is 0 Å². The summed E-state index contributed by atoms with van der Waals surface area (Å²) in [6, 6.07) is 0. The van der Waals surface area contributed by atoms with E-state index in [0.717, 1.165) is 11.8 Å². The summed E-state index contributed by atoms with van der Waals surface area (Å²) in [6.45, 7) is 2.38. The Kier molecular flexibility index (Phi) is 3.67. The molecule has 0 saturated heterocycles. The first-order chi connectivity index (χ1) is 6.90. The van der Waals surface area contributed by atoms with Crippen molar-refractivity contribution in [3.63, 3.8) is 0 Å². The number of hydrogen-bond donors (Lipinski definition) is 0. The largest absolute Gasteiger partial charge is 0.0853 e. The number of allylic oxidation sites excluding steroid dienone is 2. The molecule has 2 rings (SSSR count). The third-order valence-corrected chi connectivity index (χ3v) is 4.25. The summed E-state index contributed by atoms with van der Waals surface area (Å²) in [6.07, 6.45) is 15.6. The lowest BCUT2D eigenvalue weighted by Gasteiger charge is -2.31. The highest BCUT2D eigenvalue weighted by atomic mass is 14.3. The first kappa shape index (κ1) is 10.3. The number of hydrogen-bond acceptors (Lipinski definition) is 0. The monoisotopic (exact) mass is 192 g/mol. The lowest BCUT2D eigenvalue weighted by molar-refractivity contribution is 0.228. The summed E-state index contributed by atoms with van der Waals surface area (Å²) in [5.74, 6) is 2.09. The summed E-state index contributed by atoms with van der Waals surface area (Å²) in [5.41, 5.74) is 1.79. The van der Waals surface area contributed by atoms with Crippen LogP contribution in [0.3, 0.4) is 0 Å². The zero-order chi connectivity index (χ0) is 9.80. The third-order valence-electron chi connectivity index (χ3n) is 4.25. The molecule has 0 bridgehead atoms. The lowest BCUT2D eigenvalue weighted by atomic mass is 9.75. The van der Waals surface area contributed by atoms with Crippen LogP contribution in [0.15, 0.2) is 11.6 Å². The average molecular weight is 192 g/mol. The van der Waals surface area contributed by atoms with Gasteiger partial charge in [0.2, 0.25) is 0 Å². The van der Waals surface area contributed by atoms with Crippen molar-refractivity contribution in [3.05, 3.63) is 11.6 Å². The van der Waals surface area contributed by atoms with Crippen LogP contribution >= 0.6 is 0 Å². The van der Waals surface area contributed by atoms with Gasteiger partial charge in [0.1, 0.15) is 0 Å². The maximum Gasteiger partial charge on any atom is -0.0289 e. The Hall–Kier alpha value is -0.260. The van der Waals surface area contributed by atoms with Crippen molar-refractivity contribution in [3.8, 4) is 0 Å². The van der Waals surface area contributed by atoms with Gasteiger partial charge in [-0.15, -0.1) is 0 Å². The first-order valence-corrected chi connectivity index (χ1v) is 6.58. The van der Waals surface area contributed by atoms with Crippen LogP contribution in [0.4, 0.5) is 0 Å². The molecule has 1 fully saturated rings. The van der Waals surface area contributed by atoms with Gasteiger partial charge in [-0.25, -0.2) is 0 Å². The van der Waals surface area contributed by atoms with Crippen molar-refractivity contribution in [2.24, 2.45) is 11.8 Å². The molecule has 0 aliphatic heterocycles. The van der Waals surface area contributed by atoms with Crippen LogP contribution in [0.2, 0.25) is 0 Å². The second-order valence-corrected chi connectivity index (χ2v) is 5.17. The molecule has 14 heavy (non-hydrogen) atoms. The fourth-order valence-electron chi connectivity index (χ4n) is 3.35. The number of rotatable bonds is 3. The van der Waals surface area contributed by atoms with E-state index in [1.165, 1.54) is 57.8 Å². The van der Waals surface area contributed by atoms with E-state index in [1.54, 1.807) is 5.57 Å². The third kappa shape index (κ3) is 2.40. The van der Waals surface area contributed by atoms with Crippen LogP contribution in [0, 0.1) is 11.8 Å². The summed E-state index contributed by atoms with van der Waals surface area (Å²) in [5, 5.41) is 0. The standard InChI is InChI=1S/C14H24/c1-2-13-9-5-6-10-14(13)11-12-7-3-4-8-12/h7,13-14H,2-6,8-11H2,1H3. The van der Waals surface area contributed by atoms with E-state index >= 15 is 0 Å². The molecule has 2 aliphatic rings. The highest BCUT2D eigenvalue weighted by molar-refractivity contribution is 5.08. The molecule has 80 valence electrons. The topological polar surface area (TPSA) is 0 Å². The summed E-state index contributed by atoms with van der Waals surface area (Å²) in [4.78, 5) is 0. The van der Waals surface area contributed by atoms with E-state index < -0.39 is 0 Å². The van der Waals surface area contributed by atoms with Gasteiger partial charge in [-0.2, -0.15) is 0 Å². The molecule has 0 spiro atoms. The smallest absolute Gasteiger partial charge is 0.0289 e. The molecule has 0 nitrogen and oxygen atoms in total. The minimum atomic E-state index is 1.04. The van der Waals surface area contributed by atoms with E-state index in [0.29, 0.717) is 0 Å². The van der Waals surface area contributed by atoms with Crippen LogP contribution in [-0.4, -0.2) is 0 Å². The Balaban J connectivity index is 1.87. The Morgan fingerprint density at radius 3 is 2.57 bits per heavy atom. The van der Waals surface area contributed by atoms with Gasteiger partial charge in [-0.3, -0.25) is 0 Å². The molecule has 0 amide bonds. The van der Waals surface area contributed by atoms with Crippen LogP contribution < -0.4 is 0 Å². The van der Waals surface area contributed by atoms with Crippen molar-refractivity contribution in [1.82, 2.24) is 0 Å². The molecule has 0 heteroatoms. The van der Waals surface area contributed by atoms with Crippen LogP contribution in [0.5, 0.6) is 0 Å². The zero-order valence-corrected chi connectivity index (χ0v) is 9.60. The predicted molar refractivity (Wildman–Crippen MR) is 62.3 cm³/mol. The Bertz CT molecular complexity index is 202. The van der Waals surface area contributed by atoms with Crippen LogP contribution in [0.25, 0.3) is 0 Å². The van der Waals surface area contributed by atoms with Gasteiger partial charge >= 0.3 is 0 Å². The van der Waals surface area contributed by atoms with Crippen molar-refractivity contribution >= 4 is 0 Å². The second kappa shape index (κ2) is 5.00. The molecule has 1 saturated carbocycles. The Morgan fingerprint density at radius 2 is 1.93 bits per heavy atom. The van der Waals surface area contributed by atoms with Gasteiger partial charge < -0.3 is 0 Å². The second-order valence-electron chi connectivity index (χ2n) is 5.17. The van der Waals surface area contributed by atoms with Gasteiger partial charge in [0, 0.05) is 0 Å². The fourth-order valence-corrected chi connectivity index (χ4v) is 3.35. The summed E-state index contributed by atoms with van der Waals surface area (Å²) < 4.78 is 0. The molecule has 2 aliphatic carbocycles.